The first-order valence-electron chi connectivity index (χ1n) is 8.71. The van der Waals surface area contributed by atoms with Crippen LogP contribution in [0.5, 0.6) is 5.88 Å². The summed E-state index contributed by atoms with van der Waals surface area (Å²) in [5.74, 6) is -0.997. The molecule has 1 amide bonds. The quantitative estimate of drug-likeness (QED) is 0.827. The van der Waals surface area contributed by atoms with Crippen LogP contribution >= 0.6 is 0 Å². The summed E-state index contributed by atoms with van der Waals surface area (Å²) in [4.78, 5) is 29.9. The molecule has 136 valence electrons. The number of nitrogens with zero attached hydrogens (tertiary/aromatic N) is 2. The number of carbonyl (C=O) groups excluding carboxylic acids is 1. The van der Waals surface area contributed by atoms with E-state index in [1.54, 1.807) is 12.1 Å². The van der Waals surface area contributed by atoms with Gasteiger partial charge in [0.05, 0.1) is 0 Å². The van der Waals surface area contributed by atoms with Gasteiger partial charge in [-0.25, -0.2) is 9.78 Å². The normalized spacial score (nSPS) is 15.0. The molecule has 1 aromatic heterocycles. The molecule has 6 heteroatoms. The number of likely N-dealkylation sites (N-methyl/N-ethyl adjacent to an activating group) is 1. The molecule has 0 aliphatic heterocycles. The van der Waals surface area contributed by atoms with Gasteiger partial charge in [-0.1, -0.05) is 30.3 Å². The van der Waals surface area contributed by atoms with Crippen molar-refractivity contribution in [2.45, 2.75) is 37.8 Å². The maximum Gasteiger partial charge on any atom is 0.326 e. The van der Waals surface area contributed by atoms with Crippen molar-refractivity contribution >= 4 is 11.9 Å². The van der Waals surface area contributed by atoms with Gasteiger partial charge in [-0.05, 0) is 30.9 Å². The number of ether oxygens (including phenoxy) is 1. The van der Waals surface area contributed by atoms with E-state index in [9.17, 15) is 14.7 Å². The van der Waals surface area contributed by atoms with Crippen molar-refractivity contribution in [3.8, 4) is 5.88 Å². The second-order valence-corrected chi connectivity index (χ2v) is 6.51. The van der Waals surface area contributed by atoms with Gasteiger partial charge in [-0.15, -0.1) is 0 Å². The average molecular weight is 354 g/mol. The molecule has 1 aliphatic rings. The van der Waals surface area contributed by atoms with E-state index in [4.69, 9.17) is 4.74 Å². The number of hydrogen-bond acceptors (Lipinski definition) is 4. The van der Waals surface area contributed by atoms with Crippen LogP contribution in [0.2, 0.25) is 0 Å². The fourth-order valence-electron chi connectivity index (χ4n) is 2.84. The van der Waals surface area contributed by atoms with Crippen molar-refractivity contribution in [2.24, 2.45) is 0 Å². The Morgan fingerprint density at radius 1 is 1.27 bits per heavy atom. The molecule has 26 heavy (non-hydrogen) atoms. The van der Waals surface area contributed by atoms with E-state index in [1.807, 2.05) is 30.3 Å². The monoisotopic (exact) mass is 354 g/mol. The summed E-state index contributed by atoms with van der Waals surface area (Å²) >= 11 is 0. The highest BCUT2D eigenvalue weighted by molar-refractivity contribution is 5.96. The Morgan fingerprint density at radius 3 is 2.62 bits per heavy atom. The van der Waals surface area contributed by atoms with Crippen LogP contribution in [0.15, 0.2) is 48.7 Å². The molecule has 2 aromatic rings. The van der Waals surface area contributed by atoms with Gasteiger partial charge in [-0.3, -0.25) is 4.79 Å². The van der Waals surface area contributed by atoms with Crippen LogP contribution in [0.25, 0.3) is 0 Å². The molecule has 0 spiro atoms. The first-order chi connectivity index (χ1) is 12.5. The van der Waals surface area contributed by atoms with Crippen LogP contribution in [0, 0.1) is 0 Å². The van der Waals surface area contributed by atoms with E-state index in [2.05, 4.69) is 4.98 Å². The fourth-order valence-corrected chi connectivity index (χ4v) is 2.84. The van der Waals surface area contributed by atoms with E-state index >= 15 is 0 Å². The molecule has 0 saturated heterocycles. The molecule has 0 bridgehead atoms. The maximum atomic E-state index is 12.8. The lowest BCUT2D eigenvalue weighted by Gasteiger charge is -2.27. The Hall–Kier alpha value is -2.89. The molecule has 1 heterocycles. The average Bonchev–Trinajstić information content (AvgIpc) is 2.62. The number of carboxylic acids is 1. The molecule has 1 atom stereocenters. The predicted octanol–water partition coefficient (Wildman–Crippen LogP) is 2.78. The first kappa shape index (κ1) is 17.9. The van der Waals surface area contributed by atoms with Crippen molar-refractivity contribution < 1.29 is 19.4 Å². The van der Waals surface area contributed by atoms with Crippen LogP contribution in [-0.2, 0) is 11.2 Å². The Bertz CT molecular complexity index is 774. The predicted molar refractivity (Wildman–Crippen MR) is 96.2 cm³/mol. The molecule has 1 fully saturated rings. The third kappa shape index (κ3) is 4.20. The number of hydrogen-bond donors (Lipinski definition) is 1. The lowest BCUT2D eigenvalue weighted by atomic mass is 9.96. The van der Waals surface area contributed by atoms with E-state index in [0.29, 0.717) is 11.4 Å². The highest BCUT2D eigenvalue weighted by atomic mass is 16.5. The molecule has 3 rings (SSSR count). The Balaban J connectivity index is 1.73. The van der Waals surface area contributed by atoms with Crippen molar-refractivity contribution in [3.63, 3.8) is 0 Å². The third-order valence-corrected chi connectivity index (χ3v) is 4.67. The highest BCUT2D eigenvalue weighted by Gasteiger charge is 2.28. The van der Waals surface area contributed by atoms with Gasteiger partial charge in [0.25, 0.3) is 5.91 Å². The van der Waals surface area contributed by atoms with Crippen molar-refractivity contribution in [3.05, 3.63) is 59.8 Å². The van der Waals surface area contributed by atoms with Crippen LogP contribution in [0.3, 0.4) is 0 Å². The molecular formula is C20H22N2O4. The first-order valence-corrected chi connectivity index (χ1v) is 8.71. The zero-order valence-electron chi connectivity index (χ0n) is 14.7. The van der Waals surface area contributed by atoms with Crippen LogP contribution < -0.4 is 4.74 Å². The third-order valence-electron chi connectivity index (χ3n) is 4.67. The number of amides is 1. The second kappa shape index (κ2) is 7.99. The van der Waals surface area contributed by atoms with Crippen LogP contribution in [0.1, 0.15) is 35.2 Å². The number of carbonyl (C=O) groups is 2. The lowest BCUT2D eigenvalue weighted by molar-refractivity contribution is -0.141. The Labute approximate surface area is 152 Å². The summed E-state index contributed by atoms with van der Waals surface area (Å²) < 4.78 is 5.73. The zero-order valence-corrected chi connectivity index (χ0v) is 14.7. The minimum Gasteiger partial charge on any atom is -0.480 e. The highest BCUT2D eigenvalue weighted by Crippen LogP contribution is 2.24. The Morgan fingerprint density at radius 2 is 2.00 bits per heavy atom. The molecular weight excluding hydrogens is 332 g/mol. The second-order valence-electron chi connectivity index (χ2n) is 6.51. The Kier molecular flexibility index (Phi) is 5.51. The summed E-state index contributed by atoms with van der Waals surface area (Å²) in [6, 6.07) is 11.5. The number of aromatic nitrogens is 1. The maximum absolute atomic E-state index is 12.8. The lowest BCUT2D eigenvalue weighted by Crippen LogP contribution is -2.43. The zero-order chi connectivity index (χ0) is 18.5. The minimum absolute atomic E-state index is 0.162. The van der Waals surface area contributed by atoms with Crippen LogP contribution in [-0.4, -0.2) is 46.1 Å². The van der Waals surface area contributed by atoms with Gasteiger partial charge >= 0.3 is 5.97 Å². The van der Waals surface area contributed by atoms with Crippen molar-refractivity contribution in [1.82, 2.24) is 9.88 Å². The molecule has 1 N–H and O–H groups in total. The summed E-state index contributed by atoms with van der Waals surface area (Å²) in [6.45, 7) is 0. The van der Waals surface area contributed by atoms with Gasteiger partial charge in [0, 0.05) is 31.3 Å². The molecule has 6 nitrogen and oxygen atoms in total. The molecule has 1 aromatic carbocycles. The molecule has 0 radical (unpaired) electrons. The van der Waals surface area contributed by atoms with Gasteiger partial charge in [-0.2, -0.15) is 0 Å². The molecule has 1 aliphatic carbocycles. The minimum atomic E-state index is -1.04. The van der Waals surface area contributed by atoms with Crippen molar-refractivity contribution in [1.29, 1.82) is 0 Å². The topological polar surface area (TPSA) is 79.7 Å². The van der Waals surface area contributed by atoms with E-state index in [1.165, 1.54) is 18.1 Å². The van der Waals surface area contributed by atoms with E-state index < -0.39 is 12.0 Å². The van der Waals surface area contributed by atoms with Gasteiger partial charge in [0.1, 0.15) is 12.1 Å². The molecule has 1 saturated carbocycles. The van der Waals surface area contributed by atoms with Gasteiger partial charge in [0.2, 0.25) is 5.88 Å². The summed E-state index contributed by atoms with van der Waals surface area (Å²) in [7, 11) is 1.51. The largest absolute Gasteiger partial charge is 0.480 e. The fraction of sp³-hybridized carbons (Fsp3) is 0.350. The van der Waals surface area contributed by atoms with Crippen molar-refractivity contribution in [2.75, 3.05) is 7.05 Å². The summed E-state index contributed by atoms with van der Waals surface area (Å²) in [6.07, 6.45) is 5.06. The number of benzene rings is 1. The van der Waals surface area contributed by atoms with Crippen LogP contribution in [0.4, 0.5) is 0 Å². The number of pyridine rings is 1. The summed E-state index contributed by atoms with van der Waals surface area (Å²) in [5.41, 5.74) is 1.24. The number of rotatable bonds is 7. The number of carboxylic acid groups (broad SMARTS) is 1. The van der Waals surface area contributed by atoms with Gasteiger partial charge in [0.15, 0.2) is 0 Å². The van der Waals surface area contributed by atoms with Gasteiger partial charge < -0.3 is 14.7 Å². The molecule has 1 unspecified atom stereocenters. The number of aliphatic carboxylic acids is 1. The van der Waals surface area contributed by atoms with E-state index in [0.717, 1.165) is 24.8 Å². The standard InChI is InChI=1S/C20H22N2O4/c1-22(17(20(24)25)12-14-6-3-2-4-7-14)19(23)15-10-11-21-18(13-15)26-16-8-5-9-16/h2-4,6-7,10-11,13,16-17H,5,8-9,12H2,1H3,(H,24,25). The smallest absolute Gasteiger partial charge is 0.326 e. The SMILES string of the molecule is CN(C(=O)c1ccnc(OC2CCC2)c1)C(Cc1ccccc1)C(=O)O. The summed E-state index contributed by atoms with van der Waals surface area (Å²) in [5, 5.41) is 9.58. The van der Waals surface area contributed by atoms with E-state index in [-0.39, 0.29) is 18.4 Å².